The van der Waals surface area contributed by atoms with Crippen molar-refractivity contribution in [3.63, 3.8) is 0 Å². The summed E-state index contributed by atoms with van der Waals surface area (Å²) in [7, 11) is 0. The van der Waals surface area contributed by atoms with Crippen molar-refractivity contribution < 1.29 is 13.6 Å². The molecule has 1 aliphatic heterocycles. The minimum atomic E-state index is -0.729. The fourth-order valence-corrected chi connectivity index (χ4v) is 4.63. The Morgan fingerprint density at radius 1 is 1.28 bits per heavy atom. The molecule has 0 atom stereocenters. The molecule has 3 heterocycles. The molecule has 3 aromatic rings. The zero-order valence-corrected chi connectivity index (χ0v) is 15.3. The lowest BCUT2D eigenvalue weighted by molar-refractivity contribution is 0.0736. The molecule has 128 valence electrons. The summed E-state index contributed by atoms with van der Waals surface area (Å²) in [5.41, 5.74) is 1.62. The van der Waals surface area contributed by atoms with Gasteiger partial charge in [0.1, 0.15) is 11.5 Å². The van der Waals surface area contributed by atoms with Crippen molar-refractivity contribution in [3.8, 4) is 5.69 Å². The van der Waals surface area contributed by atoms with E-state index in [4.69, 9.17) is 0 Å². The molecule has 1 aromatic carbocycles. The largest absolute Gasteiger partial charge is 0.334 e. The molecule has 0 unspecified atom stereocenters. The topological polar surface area (TPSA) is 38.1 Å². The second kappa shape index (κ2) is 6.34. The average molecular weight is 424 g/mol. The van der Waals surface area contributed by atoms with E-state index in [0.717, 1.165) is 27.9 Å². The fraction of sp³-hybridized carbons (Fsp3) is 0.176. The molecule has 0 aliphatic carbocycles. The van der Waals surface area contributed by atoms with E-state index < -0.39 is 11.6 Å². The summed E-state index contributed by atoms with van der Waals surface area (Å²) >= 11 is 5.17. The molecule has 0 bridgehead atoms. The molecular weight excluding hydrogens is 412 g/mol. The maximum Gasteiger partial charge on any atom is 0.257 e. The highest BCUT2D eigenvalue weighted by molar-refractivity contribution is 9.11. The van der Waals surface area contributed by atoms with Gasteiger partial charge in [-0.3, -0.25) is 4.79 Å². The van der Waals surface area contributed by atoms with Crippen molar-refractivity contribution in [2.24, 2.45) is 0 Å². The summed E-state index contributed by atoms with van der Waals surface area (Å²) in [4.78, 5) is 15.8. The molecule has 0 spiro atoms. The first-order valence-electron chi connectivity index (χ1n) is 7.58. The first kappa shape index (κ1) is 16.4. The van der Waals surface area contributed by atoms with Crippen LogP contribution in [0.1, 0.15) is 20.8 Å². The first-order chi connectivity index (χ1) is 12.0. The number of halogens is 3. The normalized spacial score (nSPS) is 13.8. The van der Waals surface area contributed by atoms with E-state index in [1.807, 2.05) is 6.07 Å². The van der Waals surface area contributed by atoms with Gasteiger partial charge in [-0.2, -0.15) is 5.10 Å². The number of rotatable bonds is 2. The van der Waals surface area contributed by atoms with Gasteiger partial charge in [0.15, 0.2) is 5.82 Å². The van der Waals surface area contributed by atoms with E-state index in [0.29, 0.717) is 18.7 Å². The highest BCUT2D eigenvalue weighted by Gasteiger charge is 2.24. The van der Waals surface area contributed by atoms with E-state index in [9.17, 15) is 13.6 Å². The number of benzene rings is 1. The van der Waals surface area contributed by atoms with Crippen LogP contribution in [-0.4, -0.2) is 27.1 Å². The lowest BCUT2D eigenvalue weighted by Gasteiger charge is -2.26. The van der Waals surface area contributed by atoms with Gasteiger partial charge in [-0.15, -0.1) is 11.3 Å². The van der Waals surface area contributed by atoms with Crippen LogP contribution in [0.25, 0.3) is 5.69 Å². The van der Waals surface area contributed by atoms with Crippen molar-refractivity contribution >= 4 is 33.2 Å². The molecule has 0 saturated heterocycles. The van der Waals surface area contributed by atoms with E-state index in [1.165, 1.54) is 28.0 Å². The molecule has 0 saturated carbocycles. The van der Waals surface area contributed by atoms with Crippen LogP contribution in [0.4, 0.5) is 8.78 Å². The van der Waals surface area contributed by atoms with E-state index >= 15 is 0 Å². The SMILES string of the molecule is O=C(c1cnn(-c2ccc(F)cc2F)c1)N1CCc2sc(Br)cc2C1. The second-order valence-corrected chi connectivity index (χ2v) is 8.26. The zero-order valence-electron chi connectivity index (χ0n) is 12.9. The highest BCUT2D eigenvalue weighted by Crippen LogP contribution is 2.31. The second-order valence-electron chi connectivity index (χ2n) is 5.74. The van der Waals surface area contributed by atoms with Crippen molar-refractivity contribution in [3.05, 3.63) is 68.1 Å². The molecule has 2 aromatic heterocycles. The third kappa shape index (κ3) is 3.11. The summed E-state index contributed by atoms with van der Waals surface area (Å²) in [6, 6.07) is 5.28. The van der Waals surface area contributed by atoms with Crippen LogP contribution < -0.4 is 0 Å². The number of hydrogen-bond donors (Lipinski definition) is 0. The van der Waals surface area contributed by atoms with Gasteiger partial charge in [-0.05, 0) is 46.1 Å². The van der Waals surface area contributed by atoms with E-state index in [2.05, 4.69) is 21.0 Å². The van der Waals surface area contributed by atoms with Gasteiger partial charge in [0.05, 0.1) is 15.5 Å². The smallest absolute Gasteiger partial charge is 0.257 e. The molecular formula is C17H12BrF2N3OS. The fourth-order valence-electron chi connectivity index (χ4n) is 2.88. The van der Waals surface area contributed by atoms with E-state index in [-0.39, 0.29) is 11.6 Å². The van der Waals surface area contributed by atoms with Gasteiger partial charge in [-0.1, -0.05) is 0 Å². The molecule has 4 rings (SSSR count). The van der Waals surface area contributed by atoms with E-state index in [1.54, 1.807) is 16.2 Å². The molecule has 1 aliphatic rings. The maximum absolute atomic E-state index is 13.9. The molecule has 0 radical (unpaired) electrons. The van der Waals surface area contributed by atoms with Crippen LogP contribution in [0.5, 0.6) is 0 Å². The number of carbonyl (C=O) groups excluding carboxylic acids is 1. The molecule has 0 N–H and O–H groups in total. The van der Waals surface area contributed by atoms with Gasteiger partial charge < -0.3 is 4.90 Å². The van der Waals surface area contributed by atoms with Crippen LogP contribution in [0.15, 0.2) is 40.4 Å². The Bertz CT molecular complexity index is 969. The van der Waals surface area contributed by atoms with Crippen LogP contribution in [0.2, 0.25) is 0 Å². The molecule has 4 nitrogen and oxygen atoms in total. The maximum atomic E-state index is 13.9. The number of nitrogens with zero attached hydrogens (tertiary/aromatic N) is 3. The van der Waals surface area contributed by atoms with Crippen LogP contribution >= 0.6 is 27.3 Å². The number of amides is 1. The van der Waals surface area contributed by atoms with Gasteiger partial charge in [0.2, 0.25) is 0 Å². The third-order valence-corrected chi connectivity index (χ3v) is 5.85. The highest BCUT2D eigenvalue weighted by atomic mass is 79.9. The van der Waals surface area contributed by atoms with Gasteiger partial charge in [0, 0.05) is 30.2 Å². The van der Waals surface area contributed by atoms with Gasteiger partial charge in [0.25, 0.3) is 5.91 Å². The Labute approximate surface area is 154 Å². The number of thiophene rings is 1. The van der Waals surface area contributed by atoms with Crippen molar-refractivity contribution in [2.45, 2.75) is 13.0 Å². The Hall–Kier alpha value is -2.06. The third-order valence-electron chi connectivity index (χ3n) is 4.11. The Morgan fingerprint density at radius 2 is 2.12 bits per heavy atom. The van der Waals surface area contributed by atoms with Gasteiger partial charge in [-0.25, -0.2) is 13.5 Å². The summed E-state index contributed by atoms with van der Waals surface area (Å²) in [6.07, 6.45) is 3.69. The predicted molar refractivity (Wildman–Crippen MR) is 93.9 cm³/mol. The van der Waals surface area contributed by atoms with Crippen LogP contribution in [0.3, 0.4) is 0 Å². The number of aromatic nitrogens is 2. The Morgan fingerprint density at radius 3 is 2.92 bits per heavy atom. The molecule has 25 heavy (non-hydrogen) atoms. The van der Waals surface area contributed by atoms with Crippen molar-refractivity contribution in [1.29, 1.82) is 0 Å². The molecule has 8 heteroatoms. The zero-order chi connectivity index (χ0) is 17.6. The van der Waals surface area contributed by atoms with Crippen LogP contribution in [0, 0.1) is 11.6 Å². The van der Waals surface area contributed by atoms with Crippen molar-refractivity contribution in [1.82, 2.24) is 14.7 Å². The minimum absolute atomic E-state index is 0.100. The summed E-state index contributed by atoms with van der Waals surface area (Å²) in [6.45, 7) is 1.18. The quantitative estimate of drug-likeness (QED) is 0.620. The lowest BCUT2D eigenvalue weighted by Crippen LogP contribution is -2.35. The van der Waals surface area contributed by atoms with Crippen molar-refractivity contribution in [2.75, 3.05) is 6.54 Å². The molecule has 1 amide bonds. The number of fused-ring (bicyclic) bond motifs is 1. The number of carbonyl (C=O) groups is 1. The first-order valence-corrected chi connectivity index (χ1v) is 9.18. The Balaban J connectivity index is 1.57. The van der Waals surface area contributed by atoms with Gasteiger partial charge >= 0.3 is 0 Å². The molecule has 0 fully saturated rings. The van der Waals surface area contributed by atoms with Crippen LogP contribution in [-0.2, 0) is 13.0 Å². The average Bonchev–Trinajstić information content (AvgIpc) is 3.19. The predicted octanol–water partition coefficient (Wildman–Crippen LogP) is 4.17. The summed E-state index contributed by atoms with van der Waals surface area (Å²) in [5.74, 6) is -1.54. The number of hydrogen-bond acceptors (Lipinski definition) is 3. The lowest BCUT2D eigenvalue weighted by atomic mass is 10.1. The summed E-state index contributed by atoms with van der Waals surface area (Å²) in [5, 5.41) is 4.04. The Kier molecular flexibility index (Phi) is 4.16. The monoisotopic (exact) mass is 423 g/mol. The standard InChI is InChI=1S/C17H12BrF2N3OS/c18-16-5-10-8-22(4-3-15(10)25-16)17(24)11-7-21-23(9-11)14-2-1-12(19)6-13(14)20/h1-2,5-7,9H,3-4,8H2. The minimum Gasteiger partial charge on any atom is -0.334 e. The summed E-state index contributed by atoms with van der Waals surface area (Å²) < 4.78 is 29.2.